The molecule has 1 aromatic heterocycles. The number of hydrogen-bond donors (Lipinski definition) is 3. The van der Waals surface area contributed by atoms with Crippen LogP contribution in [0.3, 0.4) is 0 Å². The Labute approximate surface area is 143 Å². The van der Waals surface area contributed by atoms with Crippen LogP contribution >= 0.6 is 0 Å². The van der Waals surface area contributed by atoms with Gasteiger partial charge in [0.2, 0.25) is 0 Å². The van der Waals surface area contributed by atoms with Gasteiger partial charge in [0, 0.05) is 26.7 Å². The molecule has 1 atom stereocenters. The highest BCUT2D eigenvalue weighted by atomic mass is 19.4. The largest absolute Gasteiger partial charge is 0.416 e. The number of fused-ring (bicyclic) bond motifs is 1. The minimum atomic E-state index is -4.39. The predicted molar refractivity (Wildman–Crippen MR) is 86.1 cm³/mol. The average molecular weight is 358 g/mol. The first-order chi connectivity index (χ1) is 11.8. The van der Waals surface area contributed by atoms with Crippen molar-refractivity contribution in [3.8, 4) is 0 Å². The first kappa shape index (κ1) is 18.1. The lowest BCUT2D eigenvalue weighted by molar-refractivity contribution is -0.137. The topological polar surface area (TPSA) is 71.3 Å². The molecule has 3 rings (SSSR count). The molecule has 0 spiro atoms. The van der Waals surface area contributed by atoms with E-state index in [4.69, 9.17) is 4.74 Å². The van der Waals surface area contributed by atoms with Crippen LogP contribution in [0.1, 0.15) is 11.4 Å². The van der Waals surface area contributed by atoms with Crippen LogP contribution < -0.4 is 10.6 Å². The van der Waals surface area contributed by atoms with Crippen molar-refractivity contribution in [2.75, 3.05) is 32.8 Å². The van der Waals surface area contributed by atoms with Crippen molar-refractivity contribution in [1.29, 1.82) is 0 Å². The second kappa shape index (κ2) is 6.91. The molecule has 1 unspecified atom stereocenters. The van der Waals surface area contributed by atoms with Crippen molar-refractivity contribution < 1.29 is 23.0 Å². The van der Waals surface area contributed by atoms with E-state index in [1.54, 1.807) is 11.6 Å². The first-order valence-electron chi connectivity index (χ1n) is 8.03. The molecule has 0 radical (unpaired) electrons. The number of aliphatic hydroxyl groups is 1. The molecule has 0 aliphatic carbocycles. The van der Waals surface area contributed by atoms with E-state index in [2.05, 4.69) is 15.6 Å². The highest BCUT2D eigenvalue weighted by Gasteiger charge is 2.31. The summed E-state index contributed by atoms with van der Waals surface area (Å²) in [6.07, 6.45) is -4.39. The number of rotatable bonds is 4. The zero-order valence-electron chi connectivity index (χ0n) is 13.9. The standard InChI is InChI=1S/C16H21F3N4O2/c1-23-13-3-2-11(16(17,18)19)6-12(13)22-14(23)7-21-9-15(24)8-20-4-5-25-10-15/h2-3,6,20-21,24H,4-5,7-10H2,1H3. The molecule has 0 saturated carbocycles. The van der Waals surface area contributed by atoms with Crippen LogP contribution in [-0.4, -0.2) is 53.1 Å². The van der Waals surface area contributed by atoms with Crippen LogP contribution in [0, 0.1) is 0 Å². The summed E-state index contributed by atoms with van der Waals surface area (Å²) in [5.74, 6) is 0.598. The Kier molecular flexibility index (Phi) is 5.01. The lowest BCUT2D eigenvalue weighted by Gasteiger charge is -2.26. The Morgan fingerprint density at radius 2 is 2.24 bits per heavy atom. The van der Waals surface area contributed by atoms with Gasteiger partial charge in [-0.05, 0) is 18.2 Å². The second-order valence-corrected chi connectivity index (χ2v) is 6.35. The van der Waals surface area contributed by atoms with Crippen LogP contribution in [0.4, 0.5) is 13.2 Å². The van der Waals surface area contributed by atoms with Crippen molar-refractivity contribution in [1.82, 2.24) is 20.2 Å². The van der Waals surface area contributed by atoms with Gasteiger partial charge >= 0.3 is 6.18 Å². The van der Waals surface area contributed by atoms with Gasteiger partial charge in [0.15, 0.2) is 0 Å². The van der Waals surface area contributed by atoms with E-state index in [9.17, 15) is 18.3 Å². The Morgan fingerprint density at radius 1 is 1.44 bits per heavy atom. The third-order valence-electron chi connectivity index (χ3n) is 4.29. The average Bonchev–Trinajstić information content (AvgIpc) is 2.71. The van der Waals surface area contributed by atoms with Crippen molar-refractivity contribution in [2.45, 2.75) is 18.3 Å². The molecule has 6 nitrogen and oxygen atoms in total. The number of alkyl halides is 3. The van der Waals surface area contributed by atoms with Crippen LogP contribution in [-0.2, 0) is 24.5 Å². The highest BCUT2D eigenvalue weighted by Crippen LogP contribution is 2.31. The summed E-state index contributed by atoms with van der Waals surface area (Å²) in [4.78, 5) is 4.28. The molecule has 2 heterocycles. The van der Waals surface area contributed by atoms with E-state index in [1.165, 1.54) is 6.07 Å². The number of nitrogens with zero attached hydrogens (tertiary/aromatic N) is 2. The number of β-amino-alcohol motifs (C(OH)–C–C–N with tert-alkyl or cyclic N) is 1. The van der Waals surface area contributed by atoms with Gasteiger partial charge in [0.1, 0.15) is 11.4 Å². The van der Waals surface area contributed by atoms with E-state index >= 15 is 0 Å². The lowest BCUT2D eigenvalue weighted by atomic mass is 10.1. The van der Waals surface area contributed by atoms with Gasteiger partial charge in [-0.15, -0.1) is 0 Å². The molecule has 0 amide bonds. The quantitative estimate of drug-likeness (QED) is 0.762. The number of imidazole rings is 1. The summed E-state index contributed by atoms with van der Waals surface area (Å²) in [5, 5.41) is 16.7. The SMILES string of the molecule is Cn1c(CNCC2(O)CNCCOC2)nc2cc(C(F)(F)F)ccc21. The zero-order chi connectivity index (χ0) is 18.1. The first-order valence-corrected chi connectivity index (χ1v) is 8.03. The zero-order valence-corrected chi connectivity index (χ0v) is 13.9. The Balaban J connectivity index is 1.70. The fourth-order valence-electron chi connectivity index (χ4n) is 2.88. The minimum Gasteiger partial charge on any atom is -0.385 e. The molecule has 1 aromatic carbocycles. The predicted octanol–water partition coefficient (Wildman–Crippen LogP) is 1.03. The number of benzene rings is 1. The monoisotopic (exact) mass is 358 g/mol. The van der Waals surface area contributed by atoms with Gasteiger partial charge in [-0.25, -0.2) is 4.98 Å². The maximum atomic E-state index is 12.8. The summed E-state index contributed by atoms with van der Waals surface area (Å²) in [6, 6.07) is 3.53. The molecule has 1 aliphatic rings. The number of ether oxygens (including phenoxy) is 1. The molecule has 9 heteroatoms. The third kappa shape index (κ3) is 4.12. The van der Waals surface area contributed by atoms with Gasteiger partial charge < -0.3 is 25.0 Å². The molecule has 1 aliphatic heterocycles. The van der Waals surface area contributed by atoms with E-state index in [1.807, 2.05) is 0 Å². The van der Waals surface area contributed by atoms with Gasteiger partial charge in [0.05, 0.1) is 36.4 Å². The van der Waals surface area contributed by atoms with Crippen molar-refractivity contribution in [2.24, 2.45) is 7.05 Å². The summed E-state index contributed by atoms with van der Waals surface area (Å²) in [7, 11) is 1.75. The molecule has 1 saturated heterocycles. The highest BCUT2D eigenvalue weighted by molar-refractivity contribution is 5.77. The molecule has 2 aromatic rings. The molecular formula is C16H21F3N4O2. The fraction of sp³-hybridized carbons (Fsp3) is 0.562. The number of halogens is 3. The van der Waals surface area contributed by atoms with E-state index in [0.29, 0.717) is 43.1 Å². The van der Waals surface area contributed by atoms with Crippen molar-refractivity contribution >= 4 is 11.0 Å². The molecule has 3 N–H and O–H groups in total. The molecule has 138 valence electrons. The summed E-state index contributed by atoms with van der Waals surface area (Å²) < 4.78 is 45.5. The van der Waals surface area contributed by atoms with Crippen molar-refractivity contribution in [3.05, 3.63) is 29.6 Å². The molecular weight excluding hydrogens is 337 g/mol. The number of aryl methyl sites for hydroxylation is 1. The van der Waals surface area contributed by atoms with Crippen LogP contribution in [0.2, 0.25) is 0 Å². The minimum absolute atomic E-state index is 0.227. The lowest BCUT2D eigenvalue weighted by Crippen LogP contribution is -2.50. The van der Waals surface area contributed by atoms with E-state index < -0.39 is 17.3 Å². The Hall–Kier alpha value is -1.68. The van der Waals surface area contributed by atoms with Gasteiger partial charge in [-0.2, -0.15) is 13.2 Å². The number of aromatic nitrogens is 2. The van der Waals surface area contributed by atoms with Gasteiger partial charge in [-0.3, -0.25) is 0 Å². The Bertz CT molecular complexity index is 737. The second-order valence-electron chi connectivity index (χ2n) is 6.35. The summed E-state index contributed by atoms with van der Waals surface area (Å²) in [6.45, 7) is 2.50. The maximum Gasteiger partial charge on any atom is 0.416 e. The summed E-state index contributed by atoms with van der Waals surface area (Å²) >= 11 is 0. The summed E-state index contributed by atoms with van der Waals surface area (Å²) in [5.41, 5.74) is -0.811. The molecule has 25 heavy (non-hydrogen) atoms. The normalized spacial score (nSPS) is 22.3. The maximum absolute atomic E-state index is 12.8. The van der Waals surface area contributed by atoms with Crippen LogP contribution in [0.25, 0.3) is 11.0 Å². The van der Waals surface area contributed by atoms with Gasteiger partial charge in [-0.1, -0.05) is 0 Å². The van der Waals surface area contributed by atoms with Crippen molar-refractivity contribution in [3.63, 3.8) is 0 Å². The van der Waals surface area contributed by atoms with E-state index in [-0.39, 0.29) is 13.2 Å². The number of hydrogen-bond acceptors (Lipinski definition) is 5. The third-order valence-corrected chi connectivity index (χ3v) is 4.29. The number of nitrogens with one attached hydrogen (secondary N) is 2. The van der Waals surface area contributed by atoms with Crippen LogP contribution in [0.5, 0.6) is 0 Å². The molecule has 1 fully saturated rings. The van der Waals surface area contributed by atoms with Crippen LogP contribution in [0.15, 0.2) is 18.2 Å². The van der Waals surface area contributed by atoms with Gasteiger partial charge in [0.25, 0.3) is 0 Å². The van der Waals surface area contributed by atoms with E-state index in [0.717, 1.165) is 12.1 Å². The molecule has 0 bridgehead atoms. The Morgan fingerprint density at radius 3 is 3.00 bits per heavy atom. The smallest absolute Gasteiger partial charge is 0.385 e. The fourth-order valence-corrected chi connectivity index (χ4v) is 2.88.